The molecule has 0 spiro atoms. The number of amides is 1. The first-order valence-corrected chi connectivity index (χ1v) is 5.90. The van der Waals surface area contributed by atoms with Crippen LogP contribution in [-0.4, -0.2) is 24.9 Å². The molecule has 0 aliphatic heterocycles. The Bertz CT molecular complexity index is 598. The summed E-state index contributed by atoms with van der Waals surface area (Å²) in [5, 5.41) is 11.2. The number of hydrogen-bond acceptors (Lipinski definition) is 4. The molecule has 0 unspecified atom stereocenters. The van der Waals surface area contributed by atoms with Gasteiger partial charge in [0.1, 0.15) is 5.69 Å². The number of hydrogen-bond donors (Lipinski definition) is 1. The molecule has 0 aliphatic carbocycles. The molecular formula is C12H14F3N3O3. The number of benzene rings is 1. The predicted molar refractivity (Wildman–Crippen MR) is 70.3 cm³/mol. The summed E-state index contributed by atoms with van der Waals surface area (Å²) in [5.74, 6) is -1.13. The Kier molecular flexibility index (Phi) is 4.45. The lowest BCUT2D eigenvalue weighted by atomic mass is 9.96. The number of nitrogens with zero attached hydrogens (tertiary/aromatic N) is 2. The van der Waals surface area contributed by atoms with Crippen LogP contribution in [0.4, 0.5) is 24.5 Å². The van der Waals surface area contributed by atoms with Crippen molar-refractivity contribution in [1.29, 1.82) is 0 Å². The maximum atomic E-state index is 13.1. The number of nitro benzene ring substituents is 1. The molecule has 0 fully saturated rings. The third-order valence-corrected chi connectivity index (χ3v) is 2.93. The molecule has 9 heteroatoms. The van der Waals surface area contributed by atoms with Crippen LogP contribution >= 0.6 is 0 Å². The molecule has 21 heavy (non-hydrogen) atoms. The van der Waals surface area contributed by atoms with Gasteiger partial charge in [-0.25, -0.2) is 0 Å². The van der Waals surface area contributed by atoms with Gasteiger partial charge in [-0.3, -0.25) is 14.9 Å². The minimum absolute atomic E-state index is 0.00750. The van der Waals surface area contributed by atoms with Crippen molar-refractivity contribution in [3.8, 4) is 0 Å². The molecule has 1 aromatic rings. The van der Waals surface area contributed by atoms with Gasteiger partial charge in [0.25, 0.3) is 5.69 Å². The minimum Gasteiger partial charge on any atom is -0.372 e. The average molecular weight is 305 g/mol. The van der Waals surface area contributed by atoms with E-state index in [2.05, 4.69) is 0 Å². The Morgan fingerprint density at radius 2 is 1.95 bits per heavy atom. The van der Waals surface area contributed by atoms with Crippen LogP contribution in [0.25, 0.3) is 0 Å². The van der Waals surface area contributed by atoms with E-state index in [1.54, 1.807) is 0 Å². The number of alkyl halides is 3. The zero-order valence-electron chi connectivity index (χ0n) is 11.6. The van der Waals surface area contributed by atoms with Gasteiger partial charge in [0.15, 0.2) is 0 Å². The van der Waals surface area contributed by atoms with Crippen LogP contribution in [0.15, 0.2) is 6.07 Å². The molecule has 1 rings (SSSR count). The largest absolute Gasteiger partial charge is 0.418 e. The molecule has 1 aromatic carbocycles. The van der Waals surface area contributed by atoms with Crippen LogP contribution in [0.2, 0.25) is 0 Å². The van der Waals surface area contributed by atoms with Gasteiger partial charge in [-0.1, -0.05) is 6.92 Å². The zero-order valence-corrected chi connectivity index (χ0v) is 11.6. The highest BCUT2D eigenvalue weighted by Gasteiger charge is 2.40. The first kappa shape index (κ1) is 16.7. The number of nitrogens with two attached hydrogens (primary N) is 1. The molecule has 0 aliphatic rings. The highest BCUT2D eigenvalue weighted by atomic mass is 19.4. The fourth-order valence-electron chi connectivity index (χ4n) is 2.14. The Morgan fingerprint density at radius 3 is 2.24 bits per heavy atom. The Hall–Kier alpha value is -2.32. The van der Waals surface area contributed by atoms with Gasteiger partial charge in [-0.05, 0) is 12.5 Å². The predicted octanol–water partition coefficient (Wildman–Crippen LogP) is 2.34. The summed E-state index contributed by atoms with van der Waals surface area (Å²) in [6, 6.07) is 0.573. The van der Waals surface area contributed by atoms with Crippen LogP contribution in [0.1, 0.15) is 28.4 Å². The molecule has 2 N–H and O–H groups in total. The summed E-state index contributed by atoms with van der Waals surface area (Å²) in [5.41, 5.74) is 1.87. The van der Waals surface area contributed by atoms with E-state index >= 15 is 0 Å². The number of halogens is 3. The number of rotatable bonds is 4. The lowest BCUT2D eigenvalue weighted by Gasteiger charge is -2.22. The van der Waals surface area contributed by atoms with E-state index < -0.39 is 39.5 Å². The van der Waals surface area contributed by atoms with Gasteiger partial charge >= 0.3 is 6.18 Å². The second kappa shape index (κ2) is 5.58. The highest BCUT2D eigenvalue weighted by Crippen LogP contribution is 2.44. The van der Waals surface area contributed by atoms with Crippen LogP contribution in [0.3, 0.4) is 0 Å². The van der Waals surface area contributed by atoms with Gasteiger partial charge < -0.3 is 10.6 Å². The van der Waals surface area contributed by atoms with E-state index in [0.717, 1.165) is 4.90 Å². The summed E-state index contributed by atoms with van der Waals surface area (Å²) in [7, 11) is 2.53. The van der Waals surface area contributed by atoms with Crippen molar-refractivity contribution in [2.24, 2.45) is 5.73 Å². The molecule has 0 radical (unpaired) electrons. The smallest absolute Gasteiger partial charge is 0.372 e. The molecule has 0 aromatic heterocycles. The van der Waals surface area contributed by atoms with Crippen LogP contribution in [-0.2, 0) is 12.6 Å². The number of anilines is 1. The molecule has 1 amide bonds. The van der Waals surface area contributed by atoms with Crippen LogP contribution in [0.5, 0.6) is 0 Å². The van der Waals surface area contributed by atoms with Gasteiger partial charge in [0.05, 0.1) is 10.5 Å². The van der Waals surface area contributed by atoms with Crippen molar-refractivity contribution in [2.45, 2.75) is 19.5 Å². The van der Waals surface area contributed by atoms with Crippen LogP contribution < -0.4 is 10.6 Å². The lowest BCUT2D eigenvalue weighted by molar-refractivity contribution is -0.385. The molecule has 6 nitrogen and oxygen atoms in total. The second-order valence-electron chi connectivity index (χ2n) is 4.51. The van der Waals surface area contributed by atoms with Crippen molar-refractivity contribution < 1.29 is 22.9 Å². The van der Waals surface area contributed by atoms with Gasteiger partial charge in [-0.15, -0.1) is 0 Å². The zero-order chi connectivity index (χ0) is 16.5. The molecule has 116 valence electrons. The van der Waals surface area contributed by atoms with Gasteiger partial charge in [-0.2, -0.15) is 13.2 Å². The van der Waals surface area contributed by atoms with Crippen molar-refractivity contribution >= 4 is 17.3 Å². The van der Waals surface area contributed by atoms with E-state index in [9.17, 15) is 28.1 Å². The minimum atomic E-state index is -4.85. The maximum Gasteiger partial charge on any atom is 0.418 e. The highest BCUT2D eigenvalue weighted by molar-refractivity contribution is 5.97. The fraction of sp³-hybridized carbons (Fsp3) is 0.417. The topological polar surface area (TPSA) is 89.5 Å². The summed E-state index contributed by atoms with van der Waals surface area (Å²) < 4.78 is 39.4. The molecule has 0 saturated heterocycles. The maximum absolute atomic E-state index is 13.1. The van der Waals surface area contributed by atoms with Crippen molar-refractivity contribution in [3.63, 3.8) is 0 Å². The number of primary amides is 1. The summed E-state index contributed by atoms with van der Waals surface area (Å²) >= 11 is 0. The quantitative estimate of drug-likeness (QED) is 0.683. The van der Waals surface area contributed by atoms with Gasteiger partial charge in [0.2, 0.25) is 5.91 Å². The third kappa shape index (κ3) is 3.06. The monoisotopic (exact) mass is 305 g/mol. The fourth-order valence-corrected chi connectivity index (χ4v) is 2.14. The molecular weight excluding hydrogens is 291 g/mol. The van der Waals surface area contributed by atoms with Crippen molar-refractivity contribution in [3.05, 3.63) is 32.9 Å². The lowest BCUT2D eigenvalue weighted by Crippen LogP contribution is -2.23. The molecule has 0 saturated carbocycles. The molecule has 0 bridgehead atoms. The normalized spacial score (nSPS) is 11.3. The number of carbonyl (C=O) groups is 1. The number of carbonyl (C=O) groups excluding carboxylic acids is 1. The number of nitro groups is 1. The summed E-state index contributed by atoms with van der Waals surface area (Å²) in [6.45, 7) is 1.50. The van der Waals surface area contributed by atoms with E-state index in [4.69, 9.17) is 5.73 Å². The average Bonchev–Trinajstić information content (AvgIpc) is 2.34. The first-order valence-electron chi connectivity index (χ1n) is 5.90. The second-order valence-corrected chi connectivity index (χ2v) is 4.51. The Labute approximate surface area is 118 Å². The van der Waals surface area contributed by atoms with Crippen molar-refractivity contribution in [1.82, 2.24) is 0 Å². The standard InChI is InChI=1S/C12H14F3N3O3/c1-4-6-7(11(16)19)5-8(12(13,14)15)10(17(2)3)9(6)18(20)21/h5H,4H2,1-3H3,(H2,16,19). The van der Waals surface area contributed by atoms with Crippen molar-refractivity contribution in [2.75, 3.05) is 19.0 Å². The van der Waals surface area contributed by atoms with Gasteiger partial charge in [0, 0.05) is 25.2 Å². The van der Waals surface area contributed by atoms with E-state index in [1.807, 2.05) is 0 Å². The first-order chi connectivity index (χ1) is 9.52. The Balaban J connectivity index is 3.99. The van der Waals surface area contributed by atoms with E-state index in [1.165, 1.54) is 21.0 Å². The third-order valence-electron chi connectivity index (χ3n) is 2.93. The summed E-state index contributed by atoms with van der Waals surface area (Å²) in [4.78, 5) is 22.6. The SMILES string of the molecule is CCc1c(C(N)=O)cc(C(F)(F)F)c(N(C)C)c1[N+](=O)[O-]. The summed E-state index contributed by atoms with van der Waals surface area (Å²) in [6.07, 6.45) is -4.84. The van der Waals surface area contributed by atoms with E-state index in [0.29, 0.717) is 6.07 Å². The van der Waals surface area contributed by atoms with E-state index in [-0.39, 0.29) is 12.0 Å². The molecule has 0 atom stereocenters. The molecule has 0 heterocycles. The van der Waals surface area contributed by atoms with Crippen LogP contribution in [0, 0.1) is 10.1 Å². The Morgan fingerprint density at radius 1 is 1.43 bits per heavy atom.